The van der Waals surface area contributed by atoms with Gasteiger partial charge in [-0.05, 0) is 37.3 Å². The van der Waals surface area contributed by atoms with Crippen LogP contribution in [0.4, 0.5) is 13.2 Å². The Kier molecular flexibility index (Phi) is 5.56. The maximum atomic E-state index is 13.8. The number of amides is 1. The van der Waals surface area contributed by atoms with Gasteiger partial charge in [0.15, 0.2) is 11.3 Å². The van der Waals surface area contributed by atoms with E-state index in [1.54, 1.807) is 49.2 Å². The molecule has 0 unspecified atom stereocenters. The molecule has 0 spiro atoms. The molecule has 3 heterocycles. The first-order valence-electron chi connectivity index (χ1n) is 9.93. The Labute approximate surface area is 187 Å². The lowest BCUT2D eigenvalue weighted by atomic mass is 10.1. The first kappa shape index (κ1) is 22.3. The van der Waals surface area contributed by atoms with Crippen molar-refractivity contribution in [3.8, 4) is 17.0 Å². The zero-order chi connectivity index (χ0) is 23.9. The molecule has 1 aromatic carbocycles. The average Bonchev–Trinajstić information content (AvgIpc) is 3.35. The highest BCUT2D eigenvalue weighted by atomic mass is 19.4. The van der Waals surface area contributed by atoms with Crippen molar-refractivity contribution in [1.82, 2.24) is 29.3 Å². The molecule has 0 aliphatic rings. The van der Waals surface area contributed by atoms with E-state index >= 15 is 0 Å². The Hall–Kier alpha value is -3.89. The quantitative estimate of drug-likeness (QED) is 0.455. The highest BCUT2D eigenvalue weighted by Crippen LogP contribution is 2.33. The van der Waals surface area contributed by atoms with Crippen LogP contribution in [0.15, 0.2) is 42.7 Å². The van der Waals surface area contributed by atoms with Crippen molar-refractivity contribution in [2.75, 3.05) is 14.2 Å². The minimum Gasteiger partial charge on any atom is -0.497 e. The van der Waals surface area contributed by atoms with Crippen molar-refractivity contribution in [1.29, 1.82) is 0 Å². The van der Waals surface area contributed by atoms with Crippen molar-refractivity contribution in [3.05, 3.63) is 65.2 Å². The predicted octanol–water partition coefficient (Wildman–Crippen LogP) is 3.74. The van der Waals surface area contributed by atoms with Crippen LogP contribution in [-0.2, 0) is 19.8 Å². The molecule has 0 aliphatic carbocycles. The van der Waals surface area contributed by atoms with Gasteiger partial charge in [-0.15, -0.1) is 0 Å². The number of carbonyl (C=O) groups excluding carboxylic acids is 1. The van der Waals surface area contributed by atoms with Crippen LogP contribution in [0, 0.1) is 6.92 Å². The van der Waals surface area contributed by atoms with Gasteiger partial charge in [0.1, 0.15) is 11.3 Å². The van der Waals surface area contributed by atoms with Crippen LogP contribution < -0.4 is 4.74 Å². The molecule has 8 nitrogen and oxygen atoms in total. The molecule has 4 aromatic rings. The molecular formula is C22H21F3N6O2. The topological polar surface area (TPSA) is 77.5 Å². The molecule has 0 atom stereocenters. The van der Waals surface area contributed by atoms with E-state index < -0.39 is 17.8 Å². The maximum Gasteiger partial charge on any atom is 0.433 e. The molecule has 0 N–H and O–H groups in total. The van der Waals surface area contributed by atoms with Crippen molar-refractivity contribution in [2.45, 2.75) is 19.6 Å². The minimum atomic E-state index is -4.70. The van der Waals surface area contributed by atoms with E-state index in [0.717, 1.165) is 23.5 Å². The van der Waals surface area contributed by atoms with Gasteiger partial charge in [0, 0.05) is 37.5 Å². The Bertz CT molecular complexity index is 1320. The van der Waals surface area contributed by atoms with Gasteiger partial charge in [-0.2, -0.15) is 23.4 Å². The van der Waals surface area contributed by atoms with E-state index in [4.69, 9.17) is 4.74 Å². The van der Waals surface area contributed by atoms with E-state index in [1.807, 2.05) is 6.92 Å². The van der Waals surface area contributed by atoms with Crippen LogP contribution >= 0.6 is 0 Å². The highest BCUT2D eigenvalue weighted by Gasteiger charge is 2.36. The number of benzene rings is 1. The molecular weight excluding hydrogens is 437 g/mol. The number of halogens is 3. The first-order chi connectivity index (χ1) is 15.6. The third-order valence-electron chi connectivity index (χ3n) is 5.47. The molecule has 0 aliphatic heterocycles. The summed E-state index contributed by atoms with van der Waals surface area (Å²) in [7, 11) is 4.85. The number of carbonyl (C=O) groups is 1. The van der Waals surface area contributed by atoms with Crippen LogP contribution in [0.25, 0.3) is 16.9 Å². The van der Waals surface area contributed by atoms with Crippen LogP contribution in [0.2, 0.25) is 0 Å². The van der Waals surface area contributed by atoms with Gasteiger partial charge in [0.25, 0.3) is 5.91 Å². The van der Waals surface area contributed by atoms with E-state index in [9.17, 15) is 18.0 Å². The fourth-order valence-corrected chi connectivity index (χ4v) is 3.46. The highest BCUT2D eigenvalue weighted by molar-refractivity contribution is 5.99. The molecule has 3 aromatic heterocycles. The molecule has 0 saturated heterocycles. The zero-order valence-corrected chi connectivity index (χ0v) is 18.4. The van der Waals surface area contributed by atoms with E-state index in [2.05, 4.69) is 15.2 Å². The normalized spacial score (nSPS) is 11.7. The molecule has 0 bridgehead atoms. The molecule has 0 fully saturated rings. The summed E-state index contributed by atoms with van der Waals surface area (Å²) in [5, 5.41) is 7.98. The number of rotatable bonds is 5. The number of aryl methyl sites for hydroxylation is 1. The number of alkyl halides is 3. The first-order valence-corrected chi connectivity index (χ1v) is 9.93. The van der Waals surface area contributed by atoms with E-state index in [1.165, 1.54) is 12.0 Å². The van der Waals surface area contributed by atoms with Gasteiger partial charge in [-0.3, -0.25) is 9.48 Å². The molecule has 11 heteroatoms. The van der Waals surface area contributed by atoms with E-state index in [0.29, 0.717) is 15.8 Å². The number of hydrogen-bond acceptors (Lipinski definition) is 5. The van der Waals surface area contributed by atoms with Crippen LogP contribution in [0.1, 0.15) is 27.3 Å². The zero-order valence-electron chi connectivity index (χ0n) is 18.4. The van der Waals surface area contributed by atoms with Crippen molar-refractivity contribution < 1.29 is 22.7 Å². The summed E-state index contributed by atoms with van der Waals surface area (Å²) in [6.07, 6.45) is -1.94. The SMILES string of the molecule is COc1ccc(-c2cc(C(F)(F)F)n3ncc(C(=O)N(C)Cc4cnn(C)c4C)c3n2)cc1. The number of fused-ring (bicyclic) bond motifs is 1. The van der Waals surface area contributed by atoms with Crippen molar-refractivity contribution in [2.24, 2.45) is 7.05 Å². The van der Waals surface area contributed by atoms with Gasteiger partial charge in [-0.1, -0.05) is 0 Å². The molecule has 4 rings (SSSR count). The Morgan fingerprint density at radius 3 is 2.42 bits per heavy atom. The summed E-state index contributed by atoms with van der Waals surface area (Å²) in [6, 6.07) is 7.38. The molecule has 0 radical (unpaired) electrons. The van der Waals surface area contributed by atoms with Gasteiger partial charge >= 0.3 is 6.18 Å². The summed E-state index contributed by atoms with van der Waals surface area (Å²) in [6.45, 7) is 2.11. The molecule has 33 heavy (non-hydrogen) atoms. The number of hydrogen-bond donors (Lipinski definition) is 0. The van der Waals surface area contributed by atoms with Crippen LogP contribution in [0.5, 0.6) is 5.75 Å². The minimum absolute atomic E-state index is 0.0279. The summed E-state index contributed by atoms with van der Waals surface area (Å²) in [5.74, 6) is 0.0594. The monoisotopic (exact) mass is 458 g/mol. The largest absolute Gasteiger partial charge is 0.497 e. The Morgan fingerprint density at radius 1 is 1.15 bits per heavy atom. The summed E-state index contributed by atoms with van der Waals surface area (Å²) in [4.78, 5) is 18.9. The van der Waals surface area contributed by atoms with Gasteiger partial charge in [-0.25, -0.2) is 9.50 Å². The summed E-state index contributed by atoms with van der Waals surface area (Å²) < 4.78 is 48.9. The Balaban J connectivity index is 1.78. The summed E-state index contributed by atoms with van der Waals surface area (Å²) in [5.41, 5.74) is 1.00. The molecule has 1 amide bonds. The second-order valence-corrected chi connectivity index (χ2v) is 7.59. The van der Waals surface area contributed by atoms with E-state index in [-0.39, 0.29) is 23.4 Å². The second kappa shape index (κ2) is 8.23. The fraction of sp³-hybridized carbons (Fsp3) is 0.273. The van der Waals surface area contributed by atoms with Crippen LogP contribution in [-0.4, -0.2) is 49.3 Å². The fourth-order valence-electron chi connectivity index (χ4n) is 3.46. The Morgan fingerprint density at radius 2 is 1.85 bits per heavy atom. The van der Waals surface area contributed by atoms with Crippen LogP contribution in [0.3, 0.4) is 0 Å². The summed E-state index contributed by atoms with van der Waals surface area (Å²) >= 11 is 0. The standard InChI is InChI=1S/C22H21F3N6O2/c1-13-15(10-26-30(13)3)12-29(2)21(32)17-11-27-31-19(22(23,24)25)9-18(28-20(17)31)14-5-7-16(33-4)8-6-14/h5-11H,12H2,1-4H3. The lowest BCUT2D eigenvalue weighted by Gasteiger charge is -2.17. The number of aromatic nitrogens is 5. The van der Waals surface area contributed by atoms with Crippen molar-refractivity contribution >= 4 is 11.6 Å². The van der Waals surface area contributed by atoms with Crippen molar-refractivity contribution in [3.63, 3.8) is 0 Å². The molecule has 172 valence electrons. The second-order valence-electron chi connectivity index (χ2n) is 7.59. The maximum absolute atomic E-state index is 13.8. The third-order valence-corrected chi connectivity index (χ3v) is 5.47. The smallest absolute Gasteiger partial charge is 0.433 e. The van der Waals surface area contributed by atoms with Gasteiger partial charge in [0.2, 0.25) is 0 Å². The number of ether oxygens (including phenoxy) is 1. The third kappa shape index (κ3) is 4.13. The number of methoxy groups -OCH3 is 1. The lowest BCUT2D eigenvalue weighted by Crippen LogP contribution is -2.26. The average molecular weight is 458 g/mol. The number of nitrogens with zero attached hydrogens (tertiary/aromatic N) is 6. The predicted molar refractivity (Wildman–Crippen MR) is 114 cm³/mol. The lowest BCUT2D eigenvalue weighted by molar-refractivity contribution is -0.142. The molecule has 0 saturated carbocycles. The van der Waals surface area contributed by atoms with Gasteiger partial charge in [0.05, 0.1) is 25.2 Å². The van der Waals surface area contributed by atoms with Gasteiger partial charge < -0.3 is 9.64 Å².